The highest BCUT2D eigenvalue weighted by molar-refractivity contribution is 9.10. The van der Waals surface area contributed by atoms with E-state index in [1.54, 1.807) is 0 Å². The number of carboxylic acid groups (broad SMARTS) is 1. The van der Waals surface area contributed by atoms with Crippen LogP contribution in [0.15, 0.2) is 34.1 Å². The van der Waals surface area contributed by atoms with E-state index in [1.807, 2.05) is 29.6 Å². The lowest BCUT2D eigenvalue weighted by Gasteiger charge is -2.02. The lowest BCUT2D eigenvalue weighted by molar-refractivity contribution is -0.136. The van der Waals surface area contributed by atoms with Crippen LogP contribution in [0.5, 0.6) is 0 Å². The molecule has 4 nitrogen and oxygen atoms in total. The van der Waals surface area contributed by atoms with Gasteiger partial charge in [0.05, 0.1) is 12.1 Å². The maximum atomic E-state index is 10.5. The molecule has 2 aromatic rings. The Morgan fingerprint density at radius 1 is 1.37 bits per heavy atom. The highest BCUT2D eigenvalue weighted by atomic mass is 79.9. The number of thiazole rings is 1. The molecule has 0 amide bonds. The third-order valence-electron chi connectivity index (χ3n) is 2.50. The van der Waals surface area contributed by atoms with Crippen molar-refractivity contribution in [1.82, 2.24) is 4.98 Å². The van der Waals surface area contributed by atoms with E-state index < -0.39 is 5.97 Å². The van der Waals surface area contributed by atoms with Gasteiger partial charge in [-0.15, -0.1) is 11.3 Å². The number of carboxylic acids is 1. The highest BCUT2D eigenvalue weighted by Gasteiger charge is 2.04. The normalized spacial score (nSPS) is 10.4. The molecule has 0 radical (unpaired) electrons. The molecule has 0 aliphatic heterocycles. The molecule has 1 aromatic carbocycles. The Morgan fingerprint density at radius 3 is 2.79 bits per heavy atom. The first-order valence-electron chi connectivity index (χ1n) is 5.78. The van der Waals surface area contributed by atoms with E-state index in [4.69, 9.17) is 5.11 Å². The van der Waals surface area contributed by atoms with Gasteiger partial charge in [0.1, 0.15) is 0 Å². The maximum absolute atomic E-state index is 10.5. The van der Waals surface area contributed by atoms with Gasteiger partial charge in [0.2, 0.25) is 0 Å². The molecule has 0 unspecified atom stereocenters. The van der Waals surface area contributed by atoms with Crippen molar-refractivity contribution in [3.63, 3.8) is 0 Å². The first kappa shape index (κ1) is 14.0. The number of aromatic nitrogens is 1. The summed E-state index contributed by atoms with van der Waals surface area (Å²) in [4.78, 5) is 14.8. The van der Waals surface area contributed by atoms with E-state index in [0.717, 1.165) is 15.3 Å². The van der Waals surface area contributed by atoms with E-state index in [9.17, 15) is 4.79 Å². The number of hydrogen-bond donors (Lipinski definition) is 2. The molecule has 2 N–H and O–H groups in total. The van der Waals surface area contributed by atoms with Crippen LogP contribution in [0.1, 0.15) is 17.7 Å². The third-order valence-corrected chi connectivity index (χ3v) is 3.88. The lowest BCUT2D eigenvalue weighted by Crippen LogP contribution is -2.00. The number of anilines is 1. The molecule has 0 saturated heterocycles. The minimum atomic E-state index is -0.794. The molecule has 2 rings (SSSR count). The molecule has 1 heterocycles. The molecule has 0 aliphatic rings. The quantitative estimate of drug-likeness (QED) is 0.844. The standard InChI is InChI=1S/C13H13BrN2O2S/c14-10-3-1-9(2-4-10)7-15-13-16-11(8-19-13)5-6-12(17)18/h1-4,8H,5-7H2,(H,15,16)(H,17,18). The van der Waals surface area contributed by atoms with Gasteiger partial charge in [0.25, 0.3) is 0 Å². The number of carbonyl (C=O) groups is 1. The van der Waals surface area contributed by atoms with Crippen molar-refractivity contribution < 1.29 is 9.90 Å². The van der Waals surface area contributed by atoms with Crippen LogP contribution in [0.3, 0.4) is 0 Å². The summed E-state index contributed by atoms with van der Waals surface area (Å²) >= 11 is 4.89. The summed E-state index contributed by atoms with van der Waals surface area (Å²) in [5.41, 5.74) is 2.00. The number of benzene rings is 1. The molecule has 0 spiro atoms. The van der Waals surface area contributed by atoms with Crippen LogP contribution in [0.4, 0.5) is 5.13 Å². The SMILES string of the molecule is O=C(O)CCc1csc(NCc2ccc(Br)cc2)n1. The van der Waals surface area contributed by atoms with E-state index in [0.29, 0.717) is 13.0 Å². The molecule has 0 saturated carbocycles. The van der Waals surface area contributed by atoms with Crippen LogP contribution >= 0.6 is 27.3 Å². The molecule has 0 fully saturated rings. The number of rotatable bonds is 6. The summed E-state index contributed by atoms with van der Waals surface area (Å²) in [6.07, 6.45) is 0.599. The van der Waals surface area contributed by atoms with Crippen molar-refractivity contribution in [2.75, 3.05) is 5.32 Å². The molecule has 1 aromatic heterocycles. The molecular weight excluding hydrogens is 328 g/mol. The van der Waals surface area contributed by atoms with E-state index in [1.165, 1.54) is 16.9 Å². The zero-order chi connectivity index (χ0) is 13.7. The number of hydrogen-bond acceptors (Lipinski definition) is 4. The van der Waals surface area contributed by atoms with Gasteiger partial charge in [0, 0.05) is 22.8 Å². The van der Waals surface area contributed by atoms with Crippen molar-refractivity contribution >= 4 is 38.4 Å². The van der Waals surface area contributed by atoms with Gasteiger partial charge in [-0.1, -0.05) is 28.1 Å². The summed E-state index contributed by atoms with van der Waals surface area (Å²) in [7, 11) is 0. The van der Waals surface area contributed by atoms with Gasteiger partial charge in [-0.25, -0.2) is 4.98 Å². The van der Waals surface area contributed by atoms with E-state index >= 15 is 0 Å². The molecule has 6 heteroatoms. The number of nitrogens with one attached hydrogen (secondary N) is 1. The first-order valence-corrected chi connectivity index (χ1v) is 7.45. The average Bonchev–Trinajstić information content (AvgIpc) is 2.84. The van der Waals surface area contributed by atoms with Crippen LogP contribution in [0.25, 0.3) is 0 Å². The van der Waals surface area contributed by atoms with Crippen LogP contribution < -0.4 is 5.32 Å². The minimum absolute atomic E-state index is 0.121. The second-order valence-electron chi connectivity index (χ2n) is 4.02. The molecule has 0 aliphatic carbocycles. The van der Waals surface area contributed by atoms with Crippen molar-refractivity contribution in [1.29, 1.82) is 0 Å². The zero-order valence-electron chi connectivity index (χ0n) is 10.1. The number of nitrogens with zero attached hydrogens (tertiary/aromatic N) is 1. The van der Waals surface area contributed by atoms with E-state index in [2.05, 4.69) is 26.2 Å². The zero-order valence-corrected chi connectivity index (χ0v) is 12.5. The van der Waals surface area contributed by atoms with Gasteiger partial charge in [-0.3, -0.25) is 4.79 Å². The van der Waals surface area contributed by atoms with Crippen LogP contribution in [0, 0.1) is 0 Å². The summed E-state index contributed by atoms with van der Waals surface area (Å²) < 4.78 is 1.06. The van der Waals surface area contributed by atoms with Crippen molar-refractivity contribution in [2.24, 2.45) is 0 Å². The maximum Gasteiger partial charge on any atom is 0.303 e. The summed E-state index contributed by atoms with van der Waals surface area (Å²) in [6, 6.07) is 8.07. The minimum Gasteiger partial charge on any atom is -0.481 e. The average molecular weight is 341 g/mol. The van der Waals surface area contributed by atoms with Gasteiger partial charge in [-0.05, 0) is 17.7 Å². The molecule has 0 atom stereocenters. The number of aryl methyl sites for hydroxylation is 1. The fourth-order valence-electron chi connectivity index (χ4n) is 1.52. The smallest absolute Gasteiger partial charge is 0.303 e. The van der Waals surface area contributed by atoms with Crippen molar-refractivity contribution in [3.05, 3.63) is 45.4 Å². The van der Waals surface area contributed by atoms with Gasteiger partial charge < -0.3 is 10.4 Å². The lowest BCUT2D eigenvalue weighted by atomic mass is 10.2. The Labute approximate surface area is 123 Å². The van der Waals surface area contributed by atoms with Crippen LogP contribution in [0.2, 0.25) is 0 Å². The Balaban J connectivity index is 1.86. The summed E-state index contributed by atoms with van der Waals surface area (Å²) in [5, 5.41) is 14.6. The molecule has 0 bridgehead atoms. The predicted octanol–water partition coefficient (Wildman–Crippen LogP) is 3.53. The monoisotopic (exact) mass is 340 g/mol. The third kappa shape index (κ3) is 4.65. The fourth-order valence-corrected chi connectivity index (χ4v) is 2.53. The highest BCUT2D eigenvalue weighted by Crippen LogP contribution is 2.18. The Bertz CT molecular complexity index is 554. The predicted molar refractivity (Wildman–Crippen MR) is 79.5 cm³/mol. The van der Waals surface area contributed by atoms with Gasteiger partial charge in [-0.2, -0.15) is 0 Å². The second-order valence-corrected chi connectivity index (χ2v) is 5.79. The Kier molecular flexibility index (Phi) is 4.93. The van der Waals surface area contributed by atoms with Crippen LogP contribution in [-0.4, -0.2) is 16.1 Å². The summed E-state index contributed by atoms with van der Waals surface area (Å²) in [6.45, 7) is 0.708. The van der Waals surface area contributed by atoms with Gasteiger partial charge in [0.15, 0.2) is 5.13 Å². The molecular formula is C13H13BrN2O2S. The Morgan fingerprint density at radius 2 is 2.11 bits per heavy atom. The fraction of sp³-hybridized carbons (Fsp3) is 0.231. The topological polar surface area (TPSA) is 62.2 Å². The van der Waals surface area contributed by atoms with Crippen LogP contribution in [-0.2, 0) is 17.8 Å². The first-order chi connectivity index (χ1) is 9.13. The number of halogens is 1. The second kappa shape index (κ2) is 6.68. The largest absolute Gasteiger partial charge is 0.481 e. The number of aliphatic carboxylic acids is 1. The molecule has 19 heavy (non-hydrogen) atoms. The molecule has 100 valence electrons. The Hall–Kier alpha value is -1.40. The van der Waals surface area contributed by atoms with E-state index in [-0.39, 0.29) is 6.42 Å². The van der Waals surface area contributed by atoms with Gasteiger partial charge >= 0.3 is 5.97 Å². The van der Waals surface area contributed by atoms with Crippen molar-refractivity contribution in [3.8, 4) is 0 Å². The summed E-state index contributed by atoms with van der Waals surface area (Å²) in [5.74, 6) is -0.794. The van der Waals surface area contributed by atoms with Crippen molar-refractivity contribution in [2.45, 2.75) is 19.4 Å².